The van der Waals surface area contributed by atoms with Gasteiger partial charge in [-0.05, 0) is 51.9 Å². The van der Waals surface area contributed by atoms with Gasteiger partial charge >= 0.3 is 0 Å². The molecule has 3 aromatic heterocycles. The molecule has 12 aromatic rings. The molecule has 0 bridgehead atoms. The van der Waals surface area contributed by atoms with Crippen LogP contribution in [0.15, 0.2) is 194 Å². The van der Waals surface area contributed by atoms with Crippen LogP contribution in [0, 0.1) is 0 Å². The van der Waals surface area contributed by atoms with Crippen molar-refractivity contribution < 1.29 is 0 Å². The first-order valence-corrected chi connectivity index (χ1v) is 19.5. The summed E-state index contributed by atoms with van der Waals surface area (Å²) in [6.45, 7) is 0. The molecule has 0 fully saturated rings. The van der Waals surface area contributed by atoms with Gasteiger partial charge in [0.2, 0.25) is 5.95 Å². The van der Waals surface area contributed by atoms with E-state index in [1.807, 2.05) is 60.7 Å². The van der Waals surface area contributed by atoms with Gasteiger partial charge in [-0.1, -0.05) is 164 Å². The minimum absolute atomic E-state index is 0.574. The third kappa shape index (κ3) is 4.85. The maximum atomic E-state index is 5.50. The van der Waals surface area contributed by atoms with Crippen molar-refractivity contribution in [2.75, 3.05) is 0 Å². The summed E-state index contributed by atoms with van der Waals surface area (Å²) in [4.78, 5) is 20.9. The molecule has 3 heterocycles. The first-order chi connectivity index (χ1) is 28.8. The highest BCUT2D eigenvalue weighted by molar-refractivity contribution is 6.37. The molecule has 0 radical (unpaired) electrons. The predicted octanol–water partition coefficient (Wildman–Crippen LogP) is 12.8. The Labute approximate surface area is 333 Å². The lowest BCUT2D eigenvalue weighted by molar-refractivity contribution is 0.953. The zero-order valence-corrected chi connectivity index (χ0v) is 31.2. The normalized spacial score (nSPS) is 11.8. The van der Waals surface area contributed by atoms with Gasteiger partial charge in [-0.2, -0.15) is 9.97 Å². The molecule has 0 saturated carbocycles. The summed E-state index contributed by atoms with van der Waals surface area (Å²) in [5.74, 6) is 2.74. The Kier molecular flexibility index (Phi) is 7.13. The summed E-state index contributed by atoms with van der Waals surface area (Å²) in [5, 5.41) is 9.31. The Morgan fingerprint density at radius 2 is 0.776 bits per heavy atom. The monoisotopic (exact) mass is 740 g/mol. The van der Waals surface area contributed by atoms with Crippen molar-refractivity contribution in [3.05, 3.63) is 194 Å². The third-order valence-corrected chi connectivity index (χ3v) is 11.4. The Hall–Kier alpha value is -7.96. The van der Waals surface area contributed by atoms with Crippen LogP contribution >= 0.6 is 0 Å². The molecule has 0 N–H and O–H groups in total. The molecule has 0 amide bonds. The molecule has 0 unspecified atom stereocenters. The van der Waals surface area contributed by atoms with Crippen LogP contribution in [0.25, 0.3) is 111 Å². The molecule has 0 atom stereocenters. The average molecular weight is 741 g/mol. The van der Waals surface area contributed by atoms with Crippen molar-refractivity contribution in [2.24, 2.45) is 0 Å². The van der Waals surface area contributed by atoms with Crippen molar-refractivity contribution in [1.29, 1.82) is 0 Å². The largest absolute Gasteiger partial charge is 0.292 e. The Morgan fingerprint density at radius 1 is 0.293 bits per heavy atom. The number of hydrogen-bond donors (Lipinski definition) is 0. The fraction of sp³-hybridized carbons (Fsp3) is 0. The second-order valence-corrected chi connectivity index (χ2v) is 14.6. The average Bonchev–Trinajstić information content (AvgIpc) is 3.87. The highest BCUT2D eigenvalue weighted by atomic mass is 15.2. The van der Waals surface area contributed by atoms with Crippen LogP contribution in [-0.4, -0.2) is 29.1 Å². The smallest absolute Gasteiger partial charge is 0.238 e. The van der Waals surface area contributed by atoms with Gasteiger partial charge in [-0.3, -0.25) is 9.13 Å². The number of hydrogen-bond acceptors (Lipinski definition) is 4. The van der Waals surface area contributed by atoms with Gasteiger partial charge in [0, 0.05) is 43.9 Å². The van der Waals surface area contributed by atoms with Crippen LogP contribution in [0.4, 0.5) is 0 Å². The summed E-state index contributed by atoms with van der Waals surface area (Å²) < 4.78 is 4.50. The first kappa shape index (κ1) is 32.3. The van der Waals surface area contributed by atoms with Crippen LogP contribution < -0.4 is 0 Å². The lowest BCUT2D eigenvalue weighted by Gasteiger charge is -2.14. The Bertz CT molecular complexity index is 3460. The third-order valence-electron chi connectivity index (χ3n) is 11.4. The lowest BCUT2D eigenvalue weighted by atomic mass is 9.91. The van der Waals surface area contributed by atoms with Gasteiger partial charge in [-0.15, -0.1) is 0 Å². The summed E-state index contributed by atoms with van der Waals surface area (Å²) in [5.41, 5.74) is 8.12. The molecule has 6 heteroatoms. The van der Waals surface area contributed by atoms with E-state index in [0.717, 1.165) is 77.2 Å². The molecule has 0 saturated heterocycles. The number of aromatic nitrogens is 6. The van der Waals surface area contributed by atoms with Crippen LogP contribution in [0.2, 0.25) is 0 Å². The van der Waals surface area contributed by atoms with E-state index in [4.69, 9.17) is 19.9 Å². The zero-order valence-electron chi connectivity index (χ0n) is 31.2. The van der Waals surface area contributed by atoms with E-state index < -0.39 is 0 Å². The molecule has 9 aromatic carbocycles. The van der Waals surface area contributed by atoms with E-state index in [1.54, 1.807) is 0 Å². The minimum atomic E-state index is 0.574. The van der Waals surface area contributed by atoms with E-state index >= 15 is 0 Å². The molecule has 270 valence electrons. The summed E-state index contributed by atoms with van der Waals surface area (Å²) >= 11 is 0. The fourth-order valence-electron chi connectivity index (χ4n) is 8.86. The van der Waals surface area contributed by atoms with Gasteiger partial charge < -0.3 is 0 Å². The molecule has 0 spiro atoms. The standard InChI is InChI=1S/C52H32N6/c1-5-17-33(18-6-1)49-54-50(34-19-7-2-8-20-34)56-52(55-49)58-42-28-16-15-27-41(42)47-43(58)31-29-39-40-30-32-44-48(46(40)38-26-14-13-25-37(38)45(39)47)53-51(35-21-9-3-10-22-35)57(44)36-23-11-4-12-24-36/h1-32H. The number of imidazole rings is 1. The number of rotatable bonds is 5. The van der Waals surface area contributed by atoms with Gasteiger partial charge in [0.05, 0.1) is 22.1 Å². The predicted molar refractivity (Wildman–Crippen MR) is 238 cm³/mol. The maximum Gasteiger partial charge on any atom is 0.238 e. The van der Waals surface area contributed by atoms with E-state index in [2.05, 4.69) is 143 Å². The molecular weight excluding hydrogens is 709 g/mol. The lowest BCUT2D eigenvalue weighted by Crippen LogP contribution is -2.06. The van der Waals surface area contributed by atoms with E-state index in [-0.39, 0.29) is 0 Å². The van der Waals surface area contributed by atoms with E-state index in [0.29, 0.717) is 17.6 Å². The number of para-hydroxylation sites is 2. The van der Waals surface area contributed by atoms with Gasteiger partial charge in [0.15, 0.2) is 11.6 Å². The van der Waals surface area contributed by atoms with Crippen molar-refractivity contribution in [1.82, 2.24) is 29.1 Å². The highest BCUT2D eigenvalue weighted by Gasteiger charge is 2.23. The fourth-order valence-corrected chi connectivity index (χ4v) is 8.86. The first-order valence-electron chi connectivity index (χ1n) is 19.5. The van der Waals surface area contributed by atoms with Crippen molar-refractivity contribution in [3.8, 4) is 45.8 Å². The van der Waals surface area contributed by atoms with Crippen LogP contribution in [0.3, 0.4) is 0 Å². The quantitative estimate of drug-likeness (QED) is 0.165. The maximum absolute atomic E-state index is 5.50. The molecule has 6 nitrogen and oxygen atoms in total. The van der Waals surface area contributed by atoms with Crippen LogP contribution in [0.5, 0.6) is 0 Å². The summed E-state index contributed by atoms with van der Waals surface area (Å²) in [6.07, 6.45) is 0. The Balaban J connectivity index is 1.19. The molecule has 0 aliphatic carbocycles. The second kappa shape index (κ2) is 12.8. The SMILES string of the molecule is c1ccc(-c2nc(-c3ccccc3)nc(-n3c4ccccc4c4c5c6ccccc6c6c(ccc7c6nc(-c6ccccc6)n7-c6ccccc6)c5ccc43)n2)cc1. The van der Waals surface area contributed by atoms with Gasteiger partial charge in [0.1, 0.15) is 5.82 Å². The zero-order chi connectivity index (χ0) is 38.2. The van der Waals surface area contributed by atoms with E-state index in [1.165, 1.54) is 16.2 Å². The summed E-state index contributed by atoms with van der Waals surface area (Å²) in [7, 11) is 0. The van der Waals surface area contributed by atoms with Crippen molar-refractivity contribution in [3.63, 3.8) is 0 Å². The topological polar surface area (TPSA) is 61.4 Å². The van der Waals surface area contributed by atoms with Gasteiger partial charge in [-0.25, -0.2) is 9.97 Å². The Morgan fingerprint density at radius 3 is 1.41 bits per heavy atom. The second-order valence-electron chi connectivity index (χ2n) is 14.6. The molecule has 58 heavy (non-hydrogen) atoms. The van der Waals surface area contributed by atoms with Crippen LogP contribution in [0.1, 0.15) is 0 Å². The summed E-state index contributed by atoms with van der Waals surface area (Å²) in [6, 6.07) is 67.8. The number of fused-ring (bicyclic) bond motifs is 12. The molecule has 12 rings (SSSR count). The van der Waals surface area contributed by atoms with Gasteiger partial charge in [0.25, 0.3) is 0 Å². The number of benzene rings is 9. The minimum Gasteiger partial charge on any atom is -0.292 e. The van der Waals surface area contributed by atoms with Crippen molar-refractivity contribution in [2.45, 2.75) is 0 Å². The van der Waals surface area contributed by atoms with Crippen molar-refractivity contribution >= 4 is 65.2 Å². The molecule has 0 aliphatic rings. The highest BCUT2D eigenvalue weighted by Crippen LogP contribution is 2.45. The molecular formula is C52H32N6. The van der Waals surface area contributed by atoms with Crippen LogP contribution in [-0.2, 0) is 0 Å². The van der Waals surface area contributed by atoms with E-state index in [9.17, 15) is 0 Å². The number of nitrogens with zero attached hydrogens (tertiary/aromatic N) is 6. The molecule has 0 aliphatic heterocycles.